The number of hydrogen-bond acceptors (Lipinski definition) is 3. The minimum atomic E-state index is 0.334. The Kier molecular flexibility index (Phi) is 2.86. The second kappa shape index (κ2) is 3.95. The van der Waals surface area contributed by atoms with Gasteiger partial charge in [0, 0.05) is 6.54 Å². The van der Waals surface area contributed by atoms with Crippen LogP contribution in [0.2, 0.25) is 0 Å². The summed E-state index contributed by atoms with van der Waals surface area (Å²) in [5, 5.41) is 3.40. The summed E-state index contributed by atoms with van der Waals surface area (Å²) in [6, 6.07) is 0. The first-order valence-corrected chi connectivity index (χ1v) is 5.37. The third-order valence-electron chi connectivity index (χ3n) is 3.55. The SMILES string of the molecule is NC[C@@H]1CCC2(CCNCC2)CO1. The molecule has 1 spiro atoms. The molecule has 0 aliphatic carbocycles. The normalized spacial score (nSPS) is 33.5. The molecule has 3 N–H and O–H groups in total. The lowest BCUT2D eigenvalue weighted by Gasteiger charge is -2.42. The van der Waals surface area contributed by atoms with Gasteiger partial charge >= 0.3 is 0 Å². The van der Waals surface area contributed by atoms with Crippen LogP contribution in [-0.4, -0.2) is 32.3 Å². The van der Waals surface area contributed by atoms with Crippen molar-refractivity contribution in [3.8, 4) is 0 Å². The Bertz CT molecular complexity index is 156. The van der Waals surface area contributed by atoms with Crippen molar-refractivity contribution in [3.63, 3.8) is 0 Å². The number of hydrogen-bond donors (Lipinski definition) is 2. The standard InChI is InChI=1S/C10H20N2O/c11-7-9-1-2-10(8-13-9)3-5-12-6-4-10/h9,12H,1-8,11H2/t9-/m0/s1. The molecule has 0 aromatic carbocycles. The fraction of sp³-hybridized carbons (Fsp3) is 1.00. The highest BCUT2D eigenvalue weighted by Crippen LogP contribution is 2.38. The average Bonchev–Trinajstić information content (AvgIpc) is 2.20. The van der Waals surface area contributed by atoms with Gasteiger partial charge in [0.15, 0.2) is 0 Å². The van der Waals surface area contributed by atoms with E-state index in [0.717, 1.165) is 26.1 Å². The second-order valence-corrected chi connectivity index (χ2v) is 4.46. The van der Waals surface area contributed by atoms with Gasteiger partial charge in [0.25, 0.3) is 0 Å². The highest BCUT2D eigenvalue weighted by Gasteiger charge is 2.36. The van der Waals surface area contributed by atoms with Crippen LogP contribution in [0, 0.1) is 5.41 Å². The molecule has 3 nitrogen and oxygen atoms in total. The van der Waals surface area contributed by atoms with Gasteiger partial charge in [-0.3, -0.25) is 0 Å². The number of piperidine rings is 1. The third-order valence-corrected chi connectivity index (χ3v) is 3.55. The van der Waals surface area contributed by atoms with Gasteiger partial charge in [-0.1, -0.05) is 0 Å². The van der Waals surface area contributed by atoms with Crippen LogP contribution in [0.5, 0.6) is 0 Å². The van der Waals surface area contributed by atoms with Gasteiger partial charge in [0.1, 0.15) is 0 Å². The van der Waals surface area contributed by atoms with Gasteiger partial charge < -0.3 is 15.8 Å². The fourth-order valence-corrected chi connectivity index (χ4v) is 2.45. The molecule has 2 aliphatic heterocycles. The zero-order valence-corrected chi connectivity index (χ0v) is 8.22. The zero-order valence-electron chi connectivity index (χ0n) is 8.22. The lowest BCUT2D eigenvalue weighted by Crippen LogP contribution is -2.45. The van der Waals surface area contributed by atoms with Gasteiger partial charge in [-0.25, -0.2) is 0 Å². The number of ether oxygens (including phenoxy) is 1. The molecule has 2 aliphatic rings. The van der Waals surface area contributed by atoms with E-state index in [9.17, 15) is 0 Å². The minimum absolute atomic E-state index is 0.334. The average molecular weight is 184 g/mol. The highest BCUT2D eigenvalue weighted by atomic mass is 16.5. The Labute approximate surface area is 80.0 Å². The van der Waals surface area contributed by atoms with Gasteiger partial charge in [0.05, 0.1) is 12.7 Å². The largest absolute Gasteiger partial charge is 0.376 e. The van der Waals surface area contributed by atoms with Crippen LogP contribution in [0.3, 0.4) is 0 Å². The van der Waals surface area contributed by atoms with E-state index in [2.05, 4.69) is 5.32 Å². The maximum Gasteiger partial charge on any atom is 0.0697 e. The molecule has 1 atom stereocenters. The summed E-state index contributed by atoms with van der Waals surface area (Å²) in [4.78, 5) is 0. The molecule has 0 aromatic rings. The Balaban J connectivity index is 1.87. The van der Waals surface area contributed by atoms with Gasteiger partial charge in [-0.05, 0) is 44.2 Å². The summed E-state index contributed by atoms with van der Waals surface area (Å²) >= 11 is 0. The Morgan fingerprint density at radius 3 is 2.62 bits per heavy atom. The molecule has 76 valence electrons. The van der Waals surface area contributed by atoms with E-state index in [1.54, 1.807) is 0 Å². The van der Waals surface area contributed by atoms with Crippen molar-refractivity contribution in [2.24, 2.45) is 11.1 Å². The Hall–Kier alpha value is -0.120. The van der Waals surface area contributed by atoms with Crippen molar-refractivity contribution in [1.82, 2.24) is 5.32 Å². The fourth-order valence-electron chi connectivity index (χ4n) is 2.45. The zero-order chi connectivity index (χ0) is 9.15. The molecule has 2 heterocycles. The van der Waals surface area contributed by atoms with Crippen LogP contribution >= 0.6 is 0 Å². The first-order valence-electron chi connectivity index (χ1n) is 5.37. The summed E-state index contributed by atoms with van der Waals surface area (Å²) in [6.45, 7) is 3.96. The van der Waals surface area contributed by atoms with E-state index in [1.165, 1.54) is 19.3 Å². The molecule has 2 fully saturated rings. The molecule has 0 saturated carbocycles. The molecule has 0 aromatic heterocycles. The Morgan fingerprint density at radius 2 is 2.08 bits per heavy atom. The minimum Gasteiger partial charge on any atom is -0.376 e. The molecule has 2 rings (SSSR count). The maximum atomic E-state index is 5.77. The van der Waals surface area contributed by atoms with Gasteiger partial charge in [-0.2, -0.15) is 0 Å². The first kappa shape index (κ1) is 9.44. The van der Waals surface area contributed by atoms with Crippen molar-refractivity contribution in [3.05, 3.63) is 0 Å². The van der Waals surface area contributed by atoms with Gasteiger partial charge in [-0.15, -0.1) is 0 Å². The summed E-state index contributed by atoms with van der Waals surface area (Å²) in [7, 11) is 0. The molecule has 2 saturated heterocycles. The molecule has 3 heteroatoms. The number of rotatable bonds is 1. The third kappa shape index (κ3) is 2.03. The number of nitrogens with two attached hydrogens (primary N) is 1. The smallest absolute Gasteiger partial charge is 0.0697 e. The summed E-state index contributed by atoms with van der Waals surface area (Å²) in [5.74, 6) is 0. The van der Waals surface area contributed by atoms with Crippen LogP contribution in [-0.2, 0) is 4.74 Å². The predicted octanol–water partition coefficient (Wildman–Crippen LogP) is 0.494. The van der Waals surface area contributed by atoms with Crippen LogP contribution in [0.4, 0.5) is 0 Å². The lowest BCUT2D eigenvalue weighted by molar-refractivity contribution is -0.0700. The monoisotopic (exact) mass is 184 g/mol. The Morgan fingerprint density at radius 1 is 1.31 bits per heavy atom. The van der Waals surface area contributed by atoms with Crippen LogP contribution in [0.15, 0.2) is 0 Å². The van der Waals surface area contributed by atoms with E-state index in [1.807, 2.05) is 0 Å². The summed E-state index contributed by atoms with van der Waals surface area (Å²) < 4.78 is 5.77. The van der Waals surface area contributed by atoms with Crippen molar-refractivity contribution in [2.45, 2.75) is 31.8 Å². The second-order valence-electron chi connectivity index (χ2n) is 4.46. The van der Waals surface area contributed by atoms with E-state index in [-0.39, 0.29) is 0 Å². The highest BCUT2D eigenvalue weighted by molar-refractivity contribution is 4.88. The maximum absolute atomic E-state index is 5.77. The van der Waals surface area contributed by atoms with E-state index in [4.69, 9.17) is 10.5 Å². The lowest BCUT2D eigenvalue weighted by atomic mass is 9.74. The van der Waals surface area contributed by atoms with E-state index < -0.39 is 0 Å². The van der Waals surface area contributed by atoms with Crippen molar-refractivity contribution < 1.29 is 4.74 Å². The topological polar surface area (TPSA) is 47.3 Å². The van der Waals surface area contributed by atoms with Crippen molar-refractivity contribution in [1.29, 1.82) is 0 Å². The first-order chi connectivity index (χ1) is 6.35. The molecular formula is C10H20N2O. The quantitative estimate of drug-likeness (QED) is 0.623. The summed E-state index contributed by atoms with van der Waals surface area (Å²) in [6.07, 6.45) is 5.38. The van der Waals surface area contributed by atoms with Gasteiger partial charge in [0.2, 0.25) is 0 Å². The van der Waals surface area contributed by atoms with Crippen LogP contribution in [0.1, 0.15) is 25.7 Å². The molecule has 0 radical (unpaired) electrons. The van der Waals surface area contributed by atoms with Crippen molar-refractivity contribution >= 4 is 0 Å². The molecule has 0 bridgehead atoms. The molecule has 13 heavy (non-hydrogen) atoms. The van der Waals surface area contributed by atoms with Crippen molar-refractivity contribution in [2.75, 3.05) is 26.2 Å². The van der Waals surface area contributed by atoms with E-state index in [0.29, 0.717) is 18.1 Å². The van der Waals surface area contributed by atoms with Crippen LogP contribution in [0.25, 0.3) is 0 Å². The van der Waals surface area contributed by atoms with Crippen LogP contribution < -0.4 is 11.1 Å². The molecule has 0 unspecified atom stereocenters. The van der Waals surface area contributed by atoms with E-state index >= 15 is 0 Å². The summed E-state index contributed by atoms with van der Waals surface area (Å²) in [5.41, 5.74) is 6.08. The number of nitrogens with one attached hydrogen (secondary N) is 1. The molecular weight excluding hydrogens is 164 g/mol. The predicted molar refractivity (Wildman–Crippen MR) is 52.6 cm³/mol. The molecule has 0 amide bonds.